The van der Waals surface area contributed by atoms with Crippen LogP contribution >= 0.6 is 0 Å². The zero-order valence-corrected chi connectivity index (χ0v) is 16.0. The van der Waals surface area contributed by atoms with E-state index in [-0.39, 0.29) is 23.9 Å². The molecule has 0 bridgehead atoms. The van der Waals surface area contributed by atoms with E-state index in [0.717, 1.165) is 0 Å². The first-order valence-electron chi connectivity index (χ1n) is 8.27. The number of nitrogens with one attached hydrogen (secondary N) is 1. The molecule has 0 spiro atoms. The van der Waals surface area contributed by atoms with Crippen molar-refractivity contribution < 1.29 is 37.3 Å². The number of hydrogen-bond acceptors (Lipinski definition) is 7. The van der Waals surface area contributed by atoms with Gasteiger partial charge in [-0.25, -0.2) is 5.43 Å². The summed E-state index contributed by atoms with van der Waals surface area (Å²) < 4.78 is 50.1. The number of benzene rings is 2. The molecule has 0 aromatic heterocycles. The van der Waals surface area contributed by atoms with Crippen LogP contribution in [0.4, 0.5) is 8.78 Å². The number of carbonyl (C=O) groups is 1. The summed E-state index contributed by atoms with van der Waals surface area (Å²) in [5, 5.41) is 3.80. The Morgan fingerprint density at radius 2 is 1.62 bits per heavy atom. The highest BCUT2D eigenvalue weighted by Crippen LogP contribution is 2.39. The Morgan fingerprint density at radius 1 is 1.03 bits per heavy atom. The number of nitrogens with zero attached hydrogens (tertiary/aromatic N) is 1. The first kappa shape index (κ1) is 21.7. The molecule has 10 heteroatoms. The van der Waals surface area contributed by atoms with Crippen LogP contribution in [-0.4, -0.2) is 46.7 Å². The summed E-state index contributed by atoms with van der Waals surface area (Å²) >= 11 is 0. The van der Waals surface area contributed by atoms with Crippen LogP contribution in [0.25, 0.3) is 0 Å². The monoisotopic (exact) mass is 410 g/mol. The smallest absolute Gasteiger partial charge is 0.387 e. The first-order valence-corrected chi connectivity index (χ1v) is 8.27. The Labute approximate surface area is 166 Å². The van der Waals surface area contributed by atoms with Gasteiger partial charge in [-0.15, -0.1) is 0 Å². The molecule has 8 nitrogen and oxygen atoms in total. The quantitative estimate of drug-likeness (QED) is 0.479. The molecular weight excluding hydrogens is 390 g/mol. The molecule has 156 valence electrons. The van der Waals surface area contributed by atoms with E-state index in [1.807, 2.05) is 0 Å². The molecule has 0 saturated carbocycles. The lowest BCUT2D eigenvalue weighted by molar-refractivity contribution is -0.123. The minimum Gasteiger partial charge on any atom is -0.493 e. The molecule has 0 aliphatic rings. The molecule has 0 radical (unpaired) electrons. The largest absolute Gasteiger partial charge is 0.493 e. The zero-order chi connectivity index (χ0) is 21.2. The van der Waals surface area contributed by atoms with Crippen molar-refractivity contribution in [2.24, 2.45) is 5.10 Å². The van der Waals surface area contributed by atoms with Gasteiger partial charge in [0.1, 0.15) is 0 Å². The summed E-state index contributed by atoms with van der Waals surface area (Å²) in [6.07, 6.45) is 1.29. The fourth-order valence-electron chi connectivity index (χ4n) is 2.27. The number of halogens is 2. The Balaban J connectivity index is 2.01. The maximum Gasteiger partial charge on any atom is 0.387 e. The predicted molar refractivity (Wildman–Crippen MR) is 100 cm³/mol. The number of para-hydroxylation sites is 2. The third-order valence-electron chi connectivity index (χ3n) is 3.52. The second-order valence-corrected chi connectivity index (χ2v) is 5.37. The van der Waals surface area contributed by atoms with Crippen LogP contribution in [0, 0.1) is 0 Å². The lowest BCUT2D eigenvalue weighted by Gasteiger charge is -2.14. The zero-order valence-electron chi connectivity index (χ0n) is 16.0. The summed E-state index contributed by atoms with van der Waals surface area (Å²) in [7, 11) is 4.09. The molecule has 0 atom stereocenters. The van der Waals surface area contributed by atoms with E-state index in [4.69, 9.17) is 18.9 Å². The van der Waals surface area contributed by atoms with Crippen LogP contribution in [0.3, 0.4) is 0 Å². The van der Waals surface area contributed by atoms with Crippen LogP contribution in [0.5, 0.6) is 28.7 Å². The van der Waals surface area contributed by atoms with E-state index >= 15 is 0 Å². The Morgan fingerprint density at radius 3 is 2.17 bits per heavy atom. The maximum atomic E-state index is 12.6. The van der Waals surface area contributed by atoms with Crippen molar-refractivity contribution in [3.63, 3.8) is 0 Å². The van der Waals surface area contributed by atoms with Gasteiger partial charge < -0.3 is 23.7 Å². The van der Waals surface area contributed by atoms with Crippen LogP contribution < -0.4 is 29.1 Å². The highest BCUT2D eigenvalue weighted by Gasteiger charge is 2.17. The van der Waals surface area contributed by atoms with E-state index in [1.54, 1.807) is 24.3 Å². The van der Waals surface area contributed by atoms with Crippen LogP contribution in [0.2, 0.25) is 0 Å². The molecule has 0 fully saturated rings. The van der Waals surface area contributed by atoms with Crippen molar-refractivity contribution in [1.82, 2.24) is 5.43 Å². The average Bonchev–Trinajstić information content (AvgIpc) is 2.72. The van der Waals surface area contributed by atoms with Crippen LogP contribution in [0.1, 0.15) is 5.56 Å². The van der Waals surface area contributed by atoms with Crippen molar-refractivity contribution in [1.29, 1.82) is 0 Å². The molecule has 0 unspecified atom stereocenters. The van der Waals surface area contributed by atoms with Crippen molar-refractivity contribution in [3.8, 4) is 28.7 Å². The lowest BCUT2D eigenvalue weighted by Crippen LogP contribution is -2.24. The SMILES string of the molecule is COc1ccccc1OCC(=O)N/N=C\c1cc(OC)c(OC(F)F)c(OC)c1. The van der Waals surface area contributed by atoms with Gasteiger partial charge in [0.05, 0.1) is 27.5 Å². The van der Waals surface area contributed by atoms with E-state index in [0.29, 0.717) is 17.1 Å². The molecule has 0 heterocycles. The molecule has 1 N–H and O–H groups in total. The standard InChI is InChI=1S/C19H20F2N2O6/c1-25-13-6-4-5-7-14(13)28-11-17(24)23-22-10-12-8-15(26-2)18(29-19(20)21)16(9-12)27-3/h4-10,19H,11H2,1-3H3,(H,23,24)/b22-10-. The van der Waals surface area contributed by atoms with Gasteiger partial charge in [0.25, 0.3) is 5.91 Å². The van der Waals surface area contributed by atoms with E-state index in [2.05, 4.69) is 15.3 Å². The topological polar surface area (TPSA) is 87.6 Å². The summed E-state index contributed by atoms with van der Waals surface area (Å²) in [6, 6.07) is 9.69. The summed E-state index contributed by atoms with van der Waals surface area (Å²) in [5.74, 6) is 0.210. The minimum absolute atomic E-state index is 0.0249. The molecule has 0 aliphatic heterocycles. The van der Waals surface area contributed by atoms with Gasteiger partial charge in [-0.1, -0.05) is 12.1 Å². The van der Waals surface area contributed by atoms with Gasteiger partial charge in [0.2, 0.25) is 5.75 Å². The fraction of sp³-hybridized carbons (Fsp3) is 0.263. The molecular formula is C19H20F2N2O6. The van der Waals surface area contributed by atoms with Gasteiger partial charge in [-0.3, -0.25) is 4.79 Å². The summed E-state index contributed by atoms with van der Waals surface area (Å²) in [4.78, 5) is 11.9. The van der Waals surface area contributed by atoms with Gasteiger partial charge >= 0.3 is 6.61 Å². The number of amides is 1. The highest BCUT2D eigenvalue weighted by atomic mass is 19.3. The number of carbonyl (C=O) groups excluding carboxylic acids is 1. The van der Waals surface area contributed by atoms with E-state index in [1.165, 1.54) is 39.7 Å². The van der Waals surface area contributed by atoms with Crippen molar-refractivity contribution in [2.75, 3.05) is 27.9 Å². The van der Waals surface area contributed by atoms with Gasteiger partial charge in [-0.2, -0.15) is 13.9 Å². The number of ether oxygens (including phenoxy) is 5. The normalized spacial score (nSPS) is 10.7. The van der Waals surface area contributed by atoms with Crippen molar-refractivity contribution in [2.45, 2.75) is 6.61 Å². The Bertz CT molecular complexity index is 835. The first-order chi connectivity index (χ1) is 14.0. The maximum absolute atomic E-state index is 12.6. The van der Waals surface area contributed by atoms with Gasteiger partial charge in [0, 0.05) is 5.56 Å². The minimum atomic E-state index is -3.04. The van der Waals surface area contributed by atoms with Crippen LogP contribution in [0.15, 0.2) is 41.5 Å². The highest BCUT2D eigenvalue weighted by molar-refractivity contribution is 5.84. The fourth-order valence-corrected chi connectivity index (χ4v) is 2.27. The Kier molecular flexibility index (Phi) is 8.01. The molecule has 2 aromatic rings. The molecule has 2 aromatic carbocycles. The molecule has 0 saturated heterocycles. The number of rotatable bonds is 10. The third kappa shape index (κ3) is 6.23. The van der Waals surface area contributed by atoms with Gasteiger partial charge in [-0.05, 0) is 24.3 Å². The van der Waals surface area contributed by atoms with E-state index < -0.39 is 12.5 Å². The molecule has 29 heavy (non-hydrogen) atoms. The predicted octanol–water partition coefficient (Wildman–Crippen LogP) is 2.84. The Hall–Kier alpha value is -3.56. The van der Waals surface area contributed by atoms with Crippen LogP contribution in [-0.2, 0) is 4.79 Å². The summed E-state index contributed by atoms with van der Waals surface area (Å²) in [6.45, 7) is -3.33. The molecule has 0 aliphatic carbocycles. The van der Waals surface area contributed by atoms with Gasteiger partial charge in [0.15, 0.2) is 29.6 Å². The number of hydrazone groups is 1. The molecule has 2 rings (SSSR count). The summed E-state index contributed by atoms with van der Waals surface area (Å²) in [5.41, 5.74) is 2.71. The lowest BCUT2D eigenvalue weighted by atomic mass is 10.2. The third-order valence-corrected chi connectivity index (χ3v) is 3.52. The second kappa shape index (κ2) is 10.7. The molecule has 1 amide bonds. The number of methoxy groups -OCH3 is 3. The van der Waals surface area contributed by atoms with E-state index in [9.17, 15) is 13.6 Å². The number of hydrogen-bond donors (Lipinski definition) is 1. The number of alkyl halides is 2. The van der Waals surface area contributed by atoms with Crippen molar-refractivity contribution in [3.05, 3.63) is 42.0 Å². The van der Waals surface area contributed by atoms with Crippen molar-refractivity contribution >= 4 is 12.1 Å². The second-order valence-electron chi connectivity index (χ2n) is 5.37. The average molecular weight is 410 g/mol.